The molecule has 0 atom stereocenters. The monoisotopic (exact) mass is 314 g/mol. The van der Waals surface area contributed by atoms with Gasteiger partial charge in [0, 0.05) is 56.4 Å². The van der Waals surface area contributed by atoms with Crippen molar-refractivity contribution in [1.29, 1.82) is 0 Å². The van der Waals surface area contributed by atoms with E-state index in [0.29, 0.717) is 6.54 Å². The largest absolute Gasteiger partial charge is 0.346 e. The van der Waals surface area contributed by atoms with Gasteiger partial charge in [0.2, 0.25) is 0 Å². The van der Waals surface area contributed by atoms with Crippen LogP contribution in [0.2, 0.25) is 0 Å². The van der Waals surface area contributed by atoms with E-state index in [1.54, 1.807) is 0 Å². The van der Waals surface area contributed by atoms with Crippen molar-refractivity contribution in [3.8, 4) is 0 Å². The summed E-state index contributed by atoms with van der Waals surface area (Å²) in [5, 5.41) is 4.87. The topological polar surface area (TPSA) is 46.2 Å². The third kappa shape index (κ3) is 3.77. The molecule has 4 nitrogen and oxygen atoms in total. The molecular weight excluding hydrogens is 284 g/mol. The normalized spacial score (nSPS) is 16.3. The molecule has 4 heteroatoms. The van der Waals surface area contributed by atoms with E-state index in [1.807, 2.05) is 0 Å². The van der Waals surface area contributed by atoms with Crippen LogP contribution < -0.4 is 11.1 Å². The molecule has 3 N–H and O–H groups in total. The number of nitrogens with two attached hydrogens (primary N) is 1. The van der Waals surface area contributed by atoms with Crippen molar-refractivity contribution < 1.29 is 0 Å². The second kappa shape index (κ2) is 7.47. The molecule has 0 spiro atoms. The summed E-state index contributed by atoms with van der Waals surface area (Å²) in [5.74, 6) is 0. The third-order valence-corrected chi connectivity index (χ3v) is 4.90. The molecule has 1 aliphatic heterocycles. The maximum atomic E-state index is 5.80. The predicted molar refractivity (Wildman–Crippen MR) is 98.1 cm³/mol. The average molecular weight is 314 g/mol. The molecule has 0 aliphatic carbocycles. The first kappa shape index (κ1) is 16.5. The van der Waals surface area contributed by atoms with Crippen molar-refractivity contribution in [2.24, 2.45) is 5.73 Å². The van der Waals surface area contributed by atoms with Gasteiger partial charge in [0.05, 0.1) is 0 Å². The number of hydrogen-bond donors (Lipinski definition) is 2. The molecular formula is C19H30N4. The van der Waals surface area contributed by atoms with Crippen LogP contribution in [0.25, 0.3) is 10.9 Å². The number of piperazine rings is 1. The minimum Gasteiger partial charge on any atom is -0.346 e. The first-order chi connectivity index (χ1) is 11.2. The smallest absolute Gasteiger partial charge is 0.0488 e. The van der Waals surface area contributed by atoms with Crippen molar-refractivity contribution in [2.45, 2.75) is 33.2 Å². The highest BCUT2D eigenvalue weighted by atomic mass is 15.2. The lowest BCUT2D eigenvalue weighted by molar-refractivity contribution is 0.238. The van der Waals surface area contributed by atoms with Crippen LogP contribution in [-0.4, -0.2) is 48.7 Å². The molecule has 126 valence electrons. The highest BCUT2D eigenvalue weighted by molar-refractivity contribution is 5.88. The Morgan fingerprint density at radius 1 is 1.13 bits per heavy atom. The Labute approximate surface area is 139 Å². The quantitative estimate of drug-likeness (QED) is 0.858. The molecule has 0 saturated carbocycles. The van der Waals surface area contributed by atoms with E-state index < -0.39 is 0 Å². The standard InChI is InChI=1S/C19H30N4/c1-15-12-16(2)19-17(14-23(9-5-20)18(19)13-15)4-3-8-22-10-6-21-7-11-22/h12-14,21H,3-11,20H2,1-2H3. The summed E-state index contributed by atoms with van der Waals surface area (Å²) in [6.07, 6.45) is 4.72. The van der Waals surface area contributed by atoms with Gasteiger partial charge in [-0.05, 0) is 56.0 Å². The summed E-state index contributed by atoms with van der Waals surface area (Å²) in [5.41, 5.74) is 11.4. The number of nitrogens with zero attached hydrogens (tertiary/aromatic N) is 2. The molecule has 3 rings (SSSR count). The zero-order valence-electron chi connectivity index (χ0n) is 14.6. The van der Waals surface area contributed by atoms with Crippen molar-refractivity contribution in [3.63, 3.8) is 0 Å². The number of benzene rings is 1. The van der Waals surface area contributed by atoms with Crippen LogP contribution >= 0.6 is 0 Å². The lowest BCUT2D eigenvalue weighted by atomic mass is 10.0. The van der Waals surface area contributed by atoms with Gasteiger partial charge in [0.25, 0.3) is 0 Å². The molecule has 2 aromatic rings. The highest BCUT2D eigenvalue weighted by Gasteiger charge is 2.13. The number of rotatable bonds is 6. The van der Waals surface area contributed by atoms with E-state index in [-0.39, 0.29) is 0 Å². The van der Waals surface area contributed by atoms with E-state index in [2.05, 4.69) is 47.0 Å². The van der Waals surface area contributed by atoms with Crippen LogP contribution in [0.1, 0.15) is 23.1 Å². The summed E-state index contributed by atoms with van der Waals surface area (Å²) in [4.78, 5) is 2.58. The molecule has 2 heterocycles. The molecule has 0 unspecified atom stereocenters. The third-order valence-electron chi connectivity index (χ3n) is 4.90. The molecule has 0 bridgehead atoms. The Morgan fingerprint density at radius 3 is 2.65 bits per heavy atom. The summed E-state index contributed by atoms with van der Waals surface area (Å²) in [6, 6.07) is 4.60. The summed E-state index contributed by atoms with van der Waals surface area (Å²) in [7, 11) is 0. The second-order valence-electron chi connectivity index (χ2n) is 6.81. The van der Waals surface area contributed by atoms with Crippen LogP contribution in [0.4, 0.5) is 0 Å². The molecule has 1 saturated heterocycles. The number of fused-ring (bicyclic) bond motifs is 1. The fourth-order valence-corrected chi connectivity index (χ4v) is 3.85. The lowest BCUT2D eigenvalue weighted by Crippen LogP contribution is -2.43. The summed E-state index contributed by atoms with van der Waals surface area (Å²) >= 11 is 0. The fraction of sp³-hybridized carbons (Fsp3) is 0.579. The Kier molecular flexibility index (Phi) is 5.36. The predicted octanol–water partition coefficient (Wildman–Crippen LogP) is 2.05. The van der Waals surface area contributed by atoms with Crippen LogP contribution in [0.15, 0.2) is 18.3 Å². The Morgan fingerprint density at radius 2 is 1.91 bits per heavy atom. The van der Waals surface area contributed by atoms with Gasteiger partial charge in [-0.3, -0.25) is 0 Å². The van der Waals surface area contributed by atoms with Gasteiger partial charge in [-0.1, -0.05) is 6.07 Å². The Hall–Kier alpha value is -1.36. The van der Waals surface area contributed by atoms with E-state index in [4.69, 9.17) is 5.73 Å². The minimum atomic E-state index is 0.691. The number of nitrogens with one attached hydrogen (secondary N) is 1. The number of hydrogen-bond acceptors (Lipinski definition) is 3. The van der Waals surface area contributed by atoms with Crippen molar-refractivity contribution in [2.75, 3.05) is 39.3 Å². The zero-order valence-corrected chi connectivity index (χ0v) is 14.6. The van der Waals surface area contributed by atoms with Gasteiger partial charge in [-0.15, -0.1) is 0 Å². The molecule has 1 aliphatic rings. The van der Waals surface area contributed by atoms with Crippen molar-refractivity contribution in [3.05, 3.63) is 35.0 Å². The molecule has 23 heavy (non-hydrogen) atoms. The highest BCUT2D eigenvalue weighted by Crippen LogP contribution is 2.27. The zero-order chi connectivity index (χ0) is 16.2. The average Bonchev–Trinajstić information content (AvgIpc) is 2.87. The van der Waals surface area contributed by atoms with Gasteiger partial charge in [-0.2, -0.15) is 0 Å². The van der Waals surface area contributed by atoms with Gasteiger partial charge < -0.3 is 20.5 Å². The van der Waals surface area contributed by atoms with Gasteiger partial charge >= 0.3 is 0 Å². The number of aromatic nitrogens is 1. The Balaban J connectivity index is 1.76. The van der Waals surface area contributed by atoms with Crippen LogP contribution in [0, 0.1) is 13.8 Å². The van der Waals surface area contributed by atoms with E-state index >= 15 is 0 Å². The summed E-state index contributed by atoms with van der Waals surface area (Å²) < 4.78 is 2.34. The molecule has 1 aromatic heterocycles. The molecule has 0 radical (unpaired) electrons. The van der Waals surface area contributed by atoms with Crippen molar-refractivity contribution >= 4 is 10.9 Å². The van der Waals surface area contributed by atoms with Gasteiger partial charge in [0.15, 0.2) is 0 Å². The first-order valence-corrected chi connectivity index (χ1v) is 8.91. The van der Waals surface area contributed by atoms with Crippen LogP contribution in [0.5, 0.6) is 0 Å². The second-order valence-corrected chi connectivity index (χ2v) is 6.81. The maximum Gasteiger partial charge on any atom is 0.0488 e. The Bertz CT molecular complexity index is 653. The molecule has 1 fully saturated rings. The lowest BCUT2D eigenvalue weighted by Gasteiger charge is -2.27. The van der Waals surface area contributed by atoms with E-state index in [0.717, 1.165) is 26.1 Å². The minimum absolute atomic E-state index is 0.691. The van der Waals surface area contributed by atoms with E-state index in [9.17, 15) is 0 Å². The number of aryl methyl sites for hydroxylation is 3. The van der Waals surface area contributed by atoms with Gasteiger partial charge in [0.1, 0.15) is 0 Å². The van der Waals surface area contributed by atoms with Crippen LogP contribution in [-0.2, 0) is 13.0 Å². The van der Waals surface area contributed by atoms with Crippen LogP contribution in [0.3, 0.4) is 0 Å². The maximum absolute atomic E-state index is 5.80. The molecule has 0 amide bonds. The van der Waals surface area contributed by atoms with E-state index in [1.165, 1.54) is 53.6 Å². The molecule has 1 aromatic carbocycles. The SMILES string of the molecule is Cc1cc(C)c2c(CCCN3CCNCC3)cn(CCN)c2c1. The van der Waals surface area contributed by atoms with Crippen molar-refractivity contribution in [1.82, 2.24) is 14.8 Å². The first-order valence-electron chi connectivity index (χ1n) is 8.91. The summed E-state index contributed by atoms with van der Waals surface area (Å²) in [6.45, 7) is 11.9. The fourth-order valence-electron chi connectivity index (χ4n) is 3.85. The van der Waals surface area contributed by atoms with Gasteiger partial charge in [-0.25, -0.2) is 0 Å².